The lowest BCUT2D eigenvalue weighted by atomic mass is 9.90. The van der Waals surface area contributed by atoms with E-state index in [0.29, 0.717) is 17.5 Å². The number of amides is 3. The van der Waals surface area contributed by atoms with Gasteiger partial charge in [0, 0.05) is 17.4 Å². The molecule has 0 saturated heterocycles. The van der Waals surface area contributed by atoms with Crippen LogP contribution in [0, 0.1) is 0 Å². The number of rotatable bonds is 4. The van der Waals surface area contributed by atoms with Crippen LogP contribution >= 0.6 is 0 Å². The van der Waals surface area contributed by atoms with Crippen LogP contribution in [-0.4, -0.2) is 34.7 Å². The highest BCUT2D eigenvalue weighted by Crippen LogP contribution is 2.39. The van der Waals surface area contributed by atoms with E-state index in [0.717, 1.165) is 21.8 Å². The van der Waals surface area contributed by atoms with Gasteiger partial charge in [-0.2, -0.15) is 0 Å². The minimum atomic E-state index is -0.911. The molecular weight excluding hydrogens is 414 g/mol. The van der Waals surface area contributed by atoms with Crippen molar-refractivity contribution in [1.29, 1.82) is 0 Å². The smallest absolute Gasteiger partial charge is 0.262 e. The number of carbonyl (C=O) groups is 3. The van der Waals surface area contributed by atoms with Gasteiger partial charge in [-0.25, -0.2) is 0 Å². The van der Waals surface area contributed by atoms with E-state index in [1.807, 2.05) is 61.5 Å². The Labute approximate surface area is 192 Å². The molecule has 6 heteroatoms. The van der Waals surface area contributed by atoms with Gasteiger partial charge in [-0.1, -0.05) is 48.5 Å². The minimum absolute atomic E-state index is 0.0391. The number of hydrogen-bond acceptors (Lipinski definition) is 4. The predicted octanol–water partition coefficient (Wildman–Crippen LogP) is 4.65. The molecule has 6 nitrogen and oxygen atoms in total. The van der Waals surface area contributed by atoms with Crippen molar-refractivity contribution in [2.45, 2.75) is 38.4 Å². The maximum atomic E-state index is 13.7. The van der Waals surface area contributed by atoms with Gasteiger partial charge < -0.3 is 10.2 Å². The number of anilines is 2. The second-order valence-electron chi connectivity index (χ2n) is 8.62. The minimum Gasteiger partial charge on any atom is -0.378 e. The lowest BCUT2D eigenvalue weighted by molar-refractivity contribution is -0.122. The summed E-state index contributed by atoms with van der Waals surface area (Å²) in [6, 6.07) is 23.5. The topological polar surface area (TPSA) is 69.7 Å². The third-order valence-electron chi connectivity index (χ3n) is 6.51. The highest BCUT2D eigenvalue weighted by atomic mass is 16.2. The van der Waals surface area contributed by atoms with Crippen LogP contribution in [0.1, 0.15) is 52.6 Å². The van der Waals surface area contributed by atoms with Crippen molar-refractivity contribution in [2.75, 3.05) is 10.2 Å². The molecule has 2 aliphatic rings. The first-order valence-electron chi connectivity index (χ1n) is 11.2. The Morgan fingerprint density at radius 3 is 2.12 bits per heavy atom. The fraction of sp³-hybridized carbons (Fsp3) is 0.222. The first-order valence-corrected chi connectivity index (χ1v) is 11.2. The van der Waals surface area contributed by atoms with Crippen LogP contribution in [0.25, 0.3) is 0 Å². The molecule has 0 saturated carbocycles. The first kappa shape index (κ1) is 20.9. The number of fused-ring (bicyclic) bond motifs is 2. The van der Waals surface area contributed by atoms with E-state index < -0.39 is 17.9 Å². The zero-order chi connectivity index (χ0) is 23.1. The number of carbonyl (C=O) groups excluding carboxylic acids is 3. The SMILES string of the molecule is C[C@@H](C(=O)N1c2ccccc2[C@@H](Nc2ccccc2)C[C@@H]1C)N1C(=O)c2ccccc2C1=O. The normalized spacial score (nSPS) is 20.3. The van der Waals surface area contributed by atoms with Gasteiger partial charge in [0.1, 0.15) is 6.04 Å². The highest BCUT2D eigenvalue weighted by molar-refractivity contribution is 6.23. The quantitative estimate of drug-likeness (QED) is 0.601. The van der Waals surface area contributed by atoms with Crippen molar-refractivity contribution in [1.82, 2.24) is 4.90 Å². The number of hydrogen-bond donors (Lipinski definition) is 1. The monoisotopic (exact) mass is 439 g/mol. The molecule has 2 heterocycles. The number of nitrogens with zero attached hydrogens (tertiary/aromatic N) is 2. The Morgan fingerprint density at radius 2 is 1.45 bits per heavy atom. The molecular formula is C27H25N3O3. The summed E-state index contributed by atoms with van der Waals surface area (Å²) in [5, 5.41) is 3.58. The third kappa shape index (κ3) is 3.48. The Morgan fingerprint density at radius 1 is 0.879 bits per heavy atom. The van der Waals surface area contributed by atoms with Crippen LogP contribution < -0.4 is 10.2 Å². The lowest BCUT2D eigenvalue weighted by Gasteiger charge is -2.41. The average molecular weight is 440 g/mol. The standard InChI is InChI=1S/C27H25N3O3/c1-17-16-23(28-19-10-4-3-5-11-19)22-14-8-9-15-24(22)29(17)25(31)18(2)30-26(32)20-12-6-7-13-21(20)27(30)33/h3-15,17-18,23,28H,16H2,1-2H3/t17-,18-,23-/m0/s1. The van der Waals surface area contributed by atoms with Crippen molar-refractivity contribution >= 4 is 29.1 Å². The predicted molar refractivity (Wildman–Crippen MR) is 127 cm³/mol. The van der Waals surface area contributed by atoms with Gasteiger partial charge in [0.05, 0.1) is 17.2 Å². The molecule has 3 aromatic carbocycles. The van der Waals surface area contributed by atoms with Gasteiger partial charge in [-0.05, 0) is 56.2 Å². The summed E-state index contributed by atoms with van der Waals surface area (Å²) in [5.41, 5.74) is 3.53. The molecule has 5 rings (SSSR count). The number of benzene rings is 3. The van der Waals surface area contributed by atoms with E-state index >= 15 is 0 Å². The van der Waals surface area contributed by atoms with Crippen molar-refractivity contribution in [3.05, 3.63) is 95.6 Å². The summed E-state index contributed by atoms with van der Waals surface area (Å²) < 4.78 is 0. The van der Waals surface area contributed by atoms with Crippen molar-refractivity contribution in [2.24, 2.45) is 0 Å². The van der Waals surface area contributed by atoms with E-state index in [1.165, 1.54) is 0 Å². The maximum absolute atomic E-state index is 13.7. The fourth-order valence-electron chi connectivity index (χ4n) is 4.89. The first-order chi connectivity index (χ1) is 16.0. The molecule has 1 N–H and O–H groups in total. The summed E-state index contributed by atoms with van der Waals surface area (Å²) in [5.74, 6) is -1.10. The zero-order valence-electron chi connectivity index (χ0n) is 18.6. The molecule has 3 aromatic rings. The highest BCUT2D eigenvalue weighted by Gasteiger charge is 2.44. The summed E-state index contributed by atoms with van der Waals surface area (Å²) >= 11 is 0. The van der Waals surface area contributed by atoms with Crippen LogP contribution in [-0.2, 0) is 4.79 Å². The van der Waals surface area contributed by atoms with Crippen LogP contribution in [0.4, 0.5) is 11.4 Å². The van der Waals surface area contributed by atoms with Crippen LogP contribution in [0.2, 0.25) is 0 Å². The molecule has 3 atom stereocenters. The largest absolute Gasteiger partial charge is 0.378 e. The van der Waals surface area contributed by atoms with Crippen LogP contribution in [0.3, 0.4) is 0 Å². The number of imide groups is 1. The van der Waals surface area contributed by atoms with Gasteiger partial charge in [0.2, 0.25) is 5.91 Å². The van der Waals surface area contributed by atoms with Gasteiger partial charge >= 0.3 is 0 Å². The van der Waals surface area contributed by atoms with Gasteiger partial charge in [-0.3, -0.25) is 19.3 Å². The van der Waals surface area contributed by atoms with Crippen molar-refractivity contribution < 1.29 is 14.4 Å². The fourth-order valence-corrected chi connectivity index (χ4v) is 4.89. The van der Waals surface area contributed by atoms with Gasteiger partial charge in [0.15, 0.2) is 0 Å². The number of nitrogens with one attached hydrogen (secondary N) is 1. The van der Waals surface area contributed by atoms with Crippen LogP contribution in [0.5, 0.6) is 0 Å². The summed E-state index contributed by atoms with van der Waals surface area (Å²) in [7, 11) is 0. The molecule has 0 unspecified atom stereocenters. The lowest BCUT2D eigenvalue weighted by Crippen LogP contribution is -2.54. The summed E-state index contributed by atoms with van der Waals surface area (Å²) in [6.45, 7) is 3.64. The van der Waals surface area contributed by atoms with E-state index in [1.54, 1.807) is 36.1 Å². The summed E-state index contributed by atoms with van der Waals surface area (Å²) in [6.07, 6.45) is 0.701. The average Bonchev–Trinajstić information content (AvgIpc) is 3.09. The van der Waals surface area contributed by atoms with Crippen molar-refractivity contribution in [3.63, 3.8) is 0 Å². The molecule has 0 radical (unpaired) electrons. The number of para-hydroxylation sites is 2. The van der Waals surface area contributed by atoms with Gasteiger partial charge in [0.25, 0.3) is 11.8 Å². The maximum Gasteiger partial charge on any atom is 0.262 e. The Bertz CT molecular complexity index is 1210. The molecule has 33 heavy (non-hydrogen) atoms. The molecule has 2 aliphatic heterocycles. The zero-order valence-corrected chi connectivity index (χ0v) is 18.6. The molecule has 0 spiro atoms. The Hall–Kier alpha value is -3.93. The third-order valence-corrected chi connectivity index (χ3v) is 6.51. The van der Waals surface area contributed by atoms with E-state index in [9.17, 15) is 14.4 Å². The Balaban J connectivity index is 1.45. The molecule has 166 valence electrons. The van der Waals surface area contributed by atoms with Crippen molar-refractivity contribution in [3.8, 4) is 0 Å². The molecule has 3 amide bonds. The molecule has 0 bridgehead atoms. The second-order valence-corrected chi connectivity index (χ2v) is 8.62. The van der Waals surface area contributed by atoms with Crippen LogP contribution in [0.15, 0.2) is 78.9 Å². The van der Waals surface area contributed by atoms with E-state index in [2.05, 4.69) is 5.32 Å². The molecule has 0 aromatic heterocycles. The second kappa shape index (κ2) is 8.20. The summed E-state index contributed by atoms with van der Waals surface area (Å²) in [4.78, 5) is 42.4. The molecule has 0 fully saturated rings. The molecule has 0 aliphatic carbocycles. The Kier molecular flexibility index (Phi) is 5.21. The van der Waals surface area contributed by atoms with E-state index in [-0.39, 0.29) is 18.0 Å². The van der Waals surface area contributed by atoms with E-state index in [4.69, 9.17) is 0 Å². The van der Waals surface area contributed by atoms with Gasteiger partial charge in [-0.15, -0.1) is 0 Å².